The largest absolute Gasteiger partial charge is 0.395 e. The SMILES string of the molecule is OCCN(CCO)C(CO)C(O)CO. The van der Waals surface area contributed by atoms with Crippen LogP contribution in [0.25, 0.3) is 0 Å². The van der Waals surface area contributed by atoms with Crippen LogP contribution in [0.5, 0.6) is 0 Å². The van der Waals surface area contributed by atoms with Crippen molar-refractivity contribution in [1.82, 2.24) is 4.90 Å². The van der Waals surface area contributed by atoms with Crippen LogP contribution in [-0.4, -0.2) is 82.1 Å². The fraction of sp³-hybridized carbons (Fsp3) is 1.00. The highest BCUT2D eigenvalue weighted by Crippen LogP contribution is 2.03. The van der Waals surface area contributed by atoms with Crippen molar-refractivity contribution in [2.45, 2.75) is 12.1 Å². The molecule has 5 N–H and O–H groups in total. The molecular formula is C8H19NO5. The third-order valence-corrected chi connectivity index (χ3v) is 2.06. The molecule has 0 aromatic carbocycles. The third-order valence-electron chi connectivity index (χ3n) is 2.06. The van der Waals surface area contributed by atoms with Gasteiger partial charge in [-0.05, 0) is 0 Å². The highest BCUT2D eigenvalue weighted by molar-refractivity contribution is 4.77. The lowest BCUT2D eigenvalue weighted by Gasteiger charge is -2.31. The van der Waals surface area contributed by atoms with E-state index in [1.807, 2.05) is 0 Å². The molecule has 86 valence electrons. The molecule has 0 amide bonds. The molecule has 0 aliphatic carbocycles. The van der Waals surface area contributed by atoms with Gasteiger partial charge in [-0.3, -0.25) is 4.90 Å². The first kappa shape index (κ1) is 13.8. The maximum absolute atomic E-state index is 9.33. The molecule has 0 spiro atoms. The van der Waals surface area contributed by atoms with Crippen LogP contribution in [0, 0.1) is 0 Å². The van der Waals surface area contributed by atoms with E-state index in [0.717, 1.165) is 0 Å². The minimum absolute atomic E-state index is 0.130. The zero-order chi connectivity index (χ0) is 11.0. The summed E-state index contributed by atoms with van der Waals surface area (Å²) >= 11 is 0. The summed E-state index contributed by atoms with van der Waals surface area (Å²) in [5.41, 5.74) is 0. The fourth-order valence-electron chi connectivity index (χ4n) is 1.30. The number of rotatable bonds is 8. The minimum atomic E-state index is -1.07. The van der Waals surface area contributed by atoms with Crippen molar-refractivity contribution in [3.05, 3.63) is 0 Å². The molecule has 0 aliphatic heterocycles. The van der Waals surface area contributed by atoms with Gasteiger partial charge in [0.1, 0.15) is 0 Å². The molecule has 6 nitrogen and oxygen atoms in total. The first-order valence-electron chi connectivity index (χ1n) is 4.56. The first-order valence-corrected chi connectivity index (χ1v) is 4.56. The maximum Gasteiger partial charge on any atom is 0.0948 e. The van der Waals surface area contributed by atoms with Gasteiger partial charge in [-0.15, -0.1) is 0 Å². The molecule has 6 heteroatoms. The Bertz CT molecular complexity index is 129. The molecular weight excluding hydrogens is 190 g/mol. The minimum Gasteiger partial charge on any atom is -0.395 e. The van der Waals surface area contributed by atoms with Crippen molar-refractivity contribution in [3.8, 4) is 0 Å². The summed E-state index contributed by atoms with van der Waals surface area (Å²) in [6, 6.07) is -0.653. The lowest BCUT2D eigenvalue weighted by atomic mass is 10.1. The summed E-state index contributed by atoms with van der Waals surface area (Å²) in [5.74, 6) is 0. The third kappa shape index (κ3) is 4.32. The van der Waals surface area contributed by atoms with Crippen LogP contribution in [0.1, 0.15) is 0 Å². The molecule has 2 atom stereocenters. The summed E-state index contributed by atoms with van der Waals surface area (Å²) in [4.78, 5) is 1.53. The summed E-state index contributed by atoms with van der Waals surface area (Å²) in [6.07, 6.45) is -1.07. The molecule has 0 rings (SSSR count). The lowest BCUT2D eigenvalue weighted by Crippen LogP contribution is -2.49. The zero-order valence-electron chi connectivity index (χ0n) is 8.08. The maximum atomic E-state index is 9.33. The predicted molar refractivity (Wildman–Crippen MR) is 49.7 cm³/mol. The molecule has 14 heavy (non-hydrogen) atoms. The number of aliphatic hydroxyl groups is 5. The van der Waals surface area contributed by atoms with E-state index in [1.165, 1.54) is 4.90 Å². The average molecular weight is 209 g/mol. The van der Waals surface area contributed by atoms with Gasteiger partial charge in [0.15, 0.2) is 0 Å². The molecule has 0 radical (unpaired) electrons. The zero-order valence-corrected chi connectivity index (χ0v) is 8.08. The summed E-state index contributed by atoms with van der Waals surface area (Å²) in [5, 5.41) is 44.4. The van der Waals surface area contributed by atoms with Gasteiger partial charge >= 0.3 is 0 Å². The Balaban J connectivity index is 4.24. The second kappa shape index (κ2) is 8.10. The first-order chi connectivity index (χ1) is 6.71. The van der Waals surface area contributed by atoms with Crippen LogP contribution in [0.3, 0.4) is 0 Å². The highest BCUT2D eigenvalue weighted by Gasteiger charge is 2.24. The van der Waals surface area contributed by atoms with Gasteiger partial charge in [-0.1, -0.05) is 0 Å². The molecule has 2 unspecified atom stereocenters. The van der Waals surface area contributed by atoms with Crippen molar-refractivity contribution in [3.63, 3.8) is 0 Å². The summed E-state index contributed by atoms with van der Waals surface area (Å²) in [6.45, 7) is -0.574. The Labute approximate surface area is 83.0 Å². The molecule has 0 saturated carbocycles. The highest BCUT2D eigenvalue weighted by atomic mass is 16.3. The van der Waals surface area contributed by atoms with Gasteiger partial charge in [0.2, 0.25) is 0 Å². The fourth-order valence-corrected chi connectivity index (χ4v) is 1.30. The van der Waals surface area contributed by atoms with E-state index in [1.54, 1.807) is 0 Å². The molecule has 0 bridgehead atoms. The van der Waals surface area contributed by atoms with Gasteiger partial charge in [-0.25, -0.2) is 0 Å². The molecule has 0 aromatic heterocycles. The van der Waals surface area contributed by atoms with Crippen LogP contribution >= 0.6 is 0 Å². The Morgan fingerprint density at radius 3 is 1.64 bits per heavy atom. The Morgan fingerprint density at radius 1 is 0.857 bits per heavy atom. The van der Waals surface area contributed by atoms with Gasteiger partial charge in [0.25, 0.3) is 0 Å². The average Bonchev–Trinajstić information content (AvgIpc) is 2.19. The van der Waals surface area contributed by atoms with E-state index in [-0.39, 0.29) is 32.9 Å². The van der Waals surface area contributed by atoms with Crippen LogP contribution in [0.2, 0.25) is 0 Å². The van der Waals surface area contributed by atoms with Crippen LogP contribution in [0.15, 0.2) is 0 Å². The monoisotopic (exact) mass is 209 g/mol. The van der Waals surface area contributed by atoms with E-state index >= 15 is 0 Å². The van der Waals surface area contributed by atoms with Crippen molar-refractivity contribution in [2.75, 3.05) is 39.5 Å². The number of aliphatic hydroxyl groups excluding tert-OH is 5. The van der Waals surface area contributed by atoms with Crippen molar-refractivity contribution in [1.29, 1.82) is 0 Å². The van der Waals surface area contributed by atoms with Gasteiger partial charge in [0.05, 0.1) is 38.6 Å². The predicted octanol–water partition coefficient (Wildman–Crippen LogP) is -3.01. The molecule has 0 heterocycles. The quantitative estimate of drug-likeness (QED) is 0.291. The lowest BCUT2D eigenvalue weighted by molar-refractivity contribution is -0.0224. The van der Waals surface area contributed by atoms with E-state index in [2.05, 4.69) is 0 Å². The number of nitrogens with zero attached hydrogens (tertiary/aromatic N) is 1. The second-order valence-electron chi connectivity index (χ2n) is 2.98. The van der Waals surface area contributed by atoms with Gasteiger partial charge < -0.3 is 25.5 Å². The molecule has 0 fully saturated rings. The van der Waals surface area contributed by atoms with E-state index in [0.29, 0.717) is 0 Å². The summed E-state index contributed by atoms with van der Waals surface area (Å²) < 4.78 is 0. The molecule has 0 aliphatic rings. The van der Waals surface area contributed by atoms with Crippen molar-refractivity contribution >= 4 is 0 Å². The van der Waals surface area contributed by atoms with Gasteiger partial charge in [0, 0.05) is 13.1 Å². The number of hydrogen-bond donors (Lipinski definition) is 5. The second-order valence-corrected chi connectivity index (χ2v) is 2.98. The van der Waals surface area contributed by atoms with Crippen LogP contribution in [-0.2, 0) is 0 Å². The number of hydrogen-bond acceptors (Lipinski definition) is 6. The van der Waals surface area contributed by atoms with Crippen LogP contribution < -0.4 is 0 Å². The van der Waals surface area contributed by atoms with Crippen molar-refractivity contribution in [2.24, 2.45) is 0 Å². The topological polar surface area (TPSA) is 104 Å². The van der Waals surface area contributed by atoms with E-state index < -0.39 is 18.8 Å². The standard InChI is InChI=1S/C8H19NO5/c10-3-1-9(2-4-11)7(5-12)8(14)6-13/h7-8,10-14H,1-6H2. The van der Waals surface area contributed by atoms with Gasteiger partial charge in [-0.2, -0.15) is 0 Å². The molecule has 0 aromatic rings. The Hall–Kier alpha value is -0.240. The normalized spacial score (nSPS) is 15.9. The van der Waals surface area contributed by atoms with Crippen LogP contribution in [0.4, 0.5) is 0 Å². The van der Waals surface area contributed by atoms with E-state index in [4.69, 9.17) is 20.4 Å². The Morgan fingerprint density at radius 2 is 1.36 bits per heavy atom. The Kier molecular flexibility index (Phi) is 7.96. The van der Waals surface area contributed by atoms with Crippen molar-refractivity contribution < 1.29 is 25.5 Å². The summed E-state index contributed by atoms with van der Waals surface area (Å²) in [7, 11) is 0. The molecule has 0 saturated heterocycles. The van der Waals surface area contributed by atoms with E-state index in [9.17, 15) is 5.11 Å². The smallest absolute Gasteiger partial charge is 0.0948 e.